The Balaban J connectivity index is 1.80. The predicted octanol–water partition coefficient (Wildman–Crippen LogP) is 1.66. The zero-order chi connectivity index (χ0) is 8.73. The zero-order valence-corrected chi connectivity index (χ0v) is 9.26. The summed E-state index contributed by atoms with van der Waals surface area (Å²) in [5, 5.41) is 3.44. The molecule has 3 rings (SSSR count). The van der Waals surface area contributed by atoms with E-state index < -0.39 is 0 Å². The van der Waals surface area contributed by atoms with Crippen LogP contribution in [0.15, 0.2) is 0 Å². The lowest BCUT2D eigenvalue weighted by Gasteiger charge is -2.42. The van der Waals surface area contributed by atoms with E-state index in [0.29, 0.717) is 16.4 Å². The molecule has 0 amide bonds. The summed E-state index contributed by atoms with van der Waals surface area (Å²) >= 11 is 4.29. The topological polar surface area (TPSA) is 21.3 Å². The first kappa shape index (κ1) is 8.89. The summed E-state index contributed by atoms with van der Waals surface area (Å²) in [6.07, 6.45) is 4.77. The van der Waals surface area contributed by atoms with Crippen molar-refractivity contribution in [3.63, 3.8) is 0 Å². The van der Waals surface area contributed by atoms with Gasteiger partial charge in [-0.25, -0.2) is 0 Å². The first-order valence-electron chi connectivity index (χ1n) is 5.06. The van der Waals surface area contributed by atoms with Gasteiger partial charge in [-0.1, -0.05) is 0 Å². The van der Waals surface area contributed by atoms with Gasteiger partial charge in [0.1, 0.15) is 6.23 Å². The molecular weight excluding hydrogens is 202 g/mol. The molecule has 2 bridgehead atoms. The summed E-state index contributed by atoms with van der Waals surface area (Å²) in [5.41, 5.74) is 0. The number of ether oxygens (including phenoxy) is 1. The summed E-state index contributed by atoms with van der Waals surface area (Å²) in [5.74, 6) is 2.66. The van der Waals surface area contributed by atoms with Crippen LogP contribution in [0, 0.1) is 0 Å². The number of rotatable bonds is 0. The van der Waals surface area contributed by atoms with Crippen molar-refractivity contribution in [3.8, 4) is 0 Å². The number of hydrogen-bond donors (Lipinski definition) is 1. The van der Waals surface area contributed by atoms with Gasteiger partial charge in [0.15, 0.2) is 0 Å². The monoisotopic (exact) mass is 217 g/mol. The first-order chi connectivity index (χ1) is 6.39. The molecule has 0 aromatic carbocycles. The minimum Gasteiger partial charge on any atom is -0.356 e. The highest BCUT2D eigenvalue weighted by Gasteiger charge is 2.49. The summed E-state index contributed by atoms with van der Waals surface area (Å²) in [6.45, 7) is 1.07. The molecule has 0 aromatic heterocycles. The highest BCUT2D eigenvalue weighted by Crippen LogP contribution is 2.52. The van der Waals surface area contributed by atoms with Gasteiger partial charge in [-0.3, -0.25) is 5.32 Å². The SMILES string of the molecule is C1CSC2(CCC3NCC2O3)SC1. The second-order valence-corrected chi connectivity index (χ2v) is 7.03. The Morgan fingerprint density at radius 1 is 1.31 bits per heavy atom. The summed E-state index contributed by atoms with van der Waals surface area (Å²) in [4.78, 5) is 0. The Morgan fingerprint density at radius 3 is 3.00 bits per heavy atom. The van der Waals surface area contributed by atoms with Crippen LogP contribution in [0.25, 0.3) is 0 Å². The van der Waals surface area contributed by atoms with Crippen molar-refractivity contribution in [2.45, 2.75) is 35.7 Å². The Labute approximate surface area is 87.6 Å². The Kier molecular flexibility index (Phi) is 2.28. The van der Waals surface area contributed by atoms with Gasteiger partial charge in [0, 0.05) is 6.54 Å². The van der Waals surface area contributed by atoms with Crippen molar-refractivity contribution in [2.24, 2.45) is 0 Å². The van der Waals surface area contributed by atoms with Crippen molar-refractivity contribution in [1.29, 1.82) is 0 Å². The molecule has 3 heterocycles. The average molecular weight is 217 g/mol. The molecule has 3 aliphatic heterocycles. The molecule has 0 aromatic rings. The van der Waals surface area contributed by atoms with Crippen LogP contribution in [-0.2, 0) is 4.74 Å². The lowest BCUT2D eigenvalue weighted by molar-refractivity contribution is -0.000238. The minimum absolute atomic E-state index is 0.374. The molecule has 0 radical (unpaired) electrons. The largest absolute Gasteiger partial charge is 0.356 e. The minimum atomic E-state index is 0.374. The summed E-state index contributed by atoms with van der Waals surface area (Å²) in [7, 11) is 0. The highest BCUT2D eigenvalue weighted by molar-refractivity contribution is 8.18. The molecule has 1 N–H and O–H groups in total. The predicted molar refractivity (Wildman–Crippen MR) is 58.2 cm³/mol. The van der Waals surface area contributed by atoms with Crippen LogP contribution in [-0.4, -0.2) is 34.5 Å². The maximum Gasteiger partial charge on any atom is 0.108 e. The van der Waals surface area contributed by atoms with E-state index in [2.05, 4.69) is 28.8 Å². The fraction of sp³-hybridized carbons (Fsp3) is 1.00. The number of hydrogen-bond acceptors (Lipinski definition) is 4. The van der Waals surface area contributed by atoms with Crippen molar-refractivity contribution in [1.82, 2.24) is 5.32 Å². The van der Waals surface area contributed by atoms with Crippen molar-refractivity contribution >= 4 is 23.5 Å². The molecule has 3 saturated heterocycles. The fourth-order valence-corrected chi connectivity index (χ4v) is 5.83. The van der Waals surface area contributed by atoms with E-state index in [9.17, 15) is 0 Å². The molecule has 0 saturated carbocycles. The van der Waals surface area contributed by atoms with Crippen LogP contribution >= 0.6 is 23.5 Å². The van der Waals surface area contributed by atoms with E-state index in [1.165, 1.54) is 30.8 Å². The Hall–Kier alpha value is 0.620. The smallest absolute Gasteiger partial charge is 0.108 e. The highest BCUT2D eigenvalue weighted by atomic mass is 32.2. The van der Waals surface area contributed by atoms with Gasteiger partial charge in [0.2, 0.25) is 0 Å². The molecule has 0 aliphatic carbocycles. The van der Waals surface area contributed by atoms with Gasteiger partial charge in [0.05, 0.1) is 10.2 Å². The first-order valence-corrected chi connectivity index (χ1v) is 7.03. The third-order valence-corrected chi connectivity index (χ3v) is 6.69. The molecule has 2 unspecified atom stereocenters. The van der Waals surface area contributed by atoms with Crippen LogP contribution in [0.5, 0.6) is 0 Å². The van der Waals surface area contributed by atoms with Gasteiger partial charge in [-0.05, 0) is 30.8 Å². The van der Waals surface area contributed by atoms with Crippen LogP contribution < -0.4 is 5.32 Å². The van der Waals surface area contributed by atoms with Crippen LogP contribution in [0.3, 0.4) is 0 Å². The van der Waals surface area contributed by atoms with Gasteiger partial charge in [0.25, 0.3) is 0 Å². The van der Waals surface area contributed by atoms with Gasteiger partial charge < -0.3 is 4.74 Å². The van der Waals surface area contributed by atoms with E-state index in [-0.39, 0.29) is 0 Å². The average Bonchev–Trinajstić information content (AvgIpc) is 2.60. The molecule has 3 aliphatic rings. The zero-order valence-electron chi connectivity index (χ0n) is 7.62. The Bertz CT molecular complexity index is 206. The normalized spacial score (nSPS) is 42.5. The second kappa shape index (κ2) is 3.33. The van der Waals surface area contributed by atoms with E-state index in [1.807, 2.05) is 0 Å². The number of thioether (sulfide) groups is 2. The molecular formula is C9H15NOS2. The maximum atomic E-state index is 5.94. The van der Waals surface area contributed by atoms with Gasteiger partial charge in [-0.2, -0.15) is 0 Å². The van der Waals surface area contributed by atoms with Crippen molar-refractivity contribution < 1.29 is 4.74 Å². The molecule has 74 valence electrons. The van der Waals surface area contributed by atoms with Crippen molar-refractivity contribution in [3.05, 3.63) is 0 Å². The van der Waals surface area contributed by atoms with Gasteiger partial charge in [-0.15, -0.1) is 23.5 Å². The maximum absolute atomic E-state index is 5.94. The quantitative estimate of drug-likeness (QED) is 0.666. The molecule has 1 spiro atoms. The summed E-state index contributed by atoms with van der Waals surface area (Å²) < 4.78 is 6.35. The second-order valence-electron chi connectivity index (χ2n) is 3.92. The van der Waals surface area contributed by atoms with Crippen LogP contribution in [0.4, 0.5) is 0 Å². The number of nitrogens with one attached hydrogen (secondary N) is 1. The fourth-order valence-electron chi connectivity index (χ4n) is 2.38. The Morgan fingerprint density at radius 2 is 2.15 bits per heavy atom. The molecule has 2 atom stereocenters. The van der Waals surface area contributed by atoms with E-state index in [1.54, 1.807) is 0 Å². The van der Waals surface area contributed by atoms with E-state index in [4.69, 9.17) is 4.74 Å². The van der Waals surface area contributed by atoms with Gasteiger partial charge >= 0.3 is 0 Å². The molecule has 4 heteroatoms. The third-order valence-electron chi connectivity index (χ3n) is 3.09. The third kappa shape index (κ3) is 1.42. The van der Waals surface area contributed by atoms with E-state index in [0.717, 1.165) is 6.54 Å². The van der Waals surface area contributed by atoms with Crippen LogP contribution in [0.2, 0.25) is 0 Å². The molecule has 13 heavy (non-hydrogen) atoms. The lowest BCUT2D eigenvalue weighted by atomic mass is 10.1. The van der Waals surface area contributed by atoms with Crippen molar-refractivity contribution in [2.75, 3.05) is 18.1 Å². The van der Waals surface area contributed by atoms with Crippen LogP contribution in [0.1, 0.15) is 19.3 Å². The molecule has 3 fully saturated rings. The standard InChI is InChI=1S/C9H15NOS2/c1-4-12-9(13-5-1)3-2-8-10-6-7(9)11-8/h7-8,10H,1-6H2. The summed E-state index contributed by atoms with van der Waals surface area (Å²) in [6, 6.07) is 0. The lowest BCUT2D eigenvalue weighted by Crippen LogP contribution is -2.43. The molecule has 2 nitrogen and oxygen atoms in total. The number of fused-ring (bicyclic) bond motifs is 3. The van der Waals surface area contributed by atoms with E-state index >= 15 is 0 Å².